The molecule has 0 unspecified atom stereocenters. The fourth-order valence-corrected chi connectivity index (χ4v) is 0.994. The van der Waals surface area contributed by atoms with Gasteiger partial charge in [-0.25, -0.2) is 0 Å². The van der Waals surface area contributed by atoms with E-state index in [1.54, 1.807) is 18.2 Å². The Balaban J connectivity index is 3.03. The molecule has 0 spiro atoms. The summed E-state index contributed by atoms with van der Waals surface area (Å²) < 4.78 is 0. The standard InChI is InChI=1S/C8H5N2O2/c11-7-8(12)10-6-4-2-1-3-5(6)9-7/h1-3H,(H,9,11)(H,10,12). The molecule has 1 aromatic heterocycles. The van der Waals surface area contributed by atoms with Crippen LogP contribution >= 0.6 is 0 Å². The van der Waals surface area contributed by atoms with Crippen molar-refractivity contribution in [2.24, 2.45) is 0 Å². The van der Waals surface area contributed by atoms with Gasteiger partial charge in [0.15, 0.2) is 0 Å². The highest BCUT2D eigenvalue weighted by Gasteiger charge is 1.96. The Morgan fingerprint density at radius 2 is 1.92 bits per heavy atom. The molecule has 4 nitrogen and oxygen atoms in total. The molecule has 2 aromatic rings. The summed E-state index contributed by atoms with van der Waals surface area (Å²) in [5.41, 5.74) is -0.184. The van der Waals surface area contributed by atoms with E-state index in [0.717, 1.165) is 0 Å². The second kappa shape index (κ2) is 2.34. The molecule has 0 aliphatic heterocycles. The Hall–Kier alpha value is -1.84. The van der Waals surface area contributed by atoms with Crippen molar-refractivity contribution in [3.63, 3.8) is 0 Å². The lowest BCUT2D eigenvalue weighted by atomic mass is 10.3. The van der Waals surface area contributed by atoms with Crippen molar-refractivity contribution >= 4 is 11.0 Å². The molecule has 1 radical (unpaired) electrons. The van der Waals surface area contributed by atoms with E-state index in [0.29, 0.717) is 11.0 Å². The van der Waals surface area contributed by atoms with Gasteiger partial charge in [0.25, 0.3) is 0 Å². The predicted octanol–water partition coefficient (Wildman–Crippen LogP) is 0.0166. The van der Waals surface area contributed by atoms with Crippen molar-refractivity contribution < 1.29 is 0 Å². The largest absolute Gasteiger partial charge is 0.316 e. The maximum absolute atomic E-state index is 10.8. The van der Waals surface area contributed by atoms with Gasteiger partial charge in [0.05, 0.1) is 11.0 Å². The fraction of sp³-hybridized carbons (Fsp3) is 0. The lowest BCUT2D eigenvalue weighted by Crippen LogP contribution is -2.28. The van der Waals surface area contributed by atoms with Crippen LogP contribution in [0.5, 0.6) is 0 Å². The molecule has 0 saturated heterocycles. The number of aromatic nitrogens is 2. The molecule has 0 atom stereocenters. The van der Waals surface area contributed by atoms with Crippen molar-refractivity contribution in [2.75, 3.05) is 0 Å². The molecule has 0 amide bonds. The van der Waals surface area contributed by atoms with Crippen LogP contribution in [0, 0.1) is 6.07 Å². The first kappa shape index (κ1) is 6.84. The average molecular weight is 161 g/mol. The smallest absolute Gasteiger partial charge is 0.314 e. The summed E-state index contributed by atoms with van der Waals surface area (Å²) in [6, 6.07) is 7.89. The van der Waals surface area contributed by atoms with Gasteiger partial charge in [-0.1, -0.05) is 12.1 Å². The van der Waals surface area contributed by atoms with E-state index >= 15 is 0 Å². The third-order valence-corrected chi connectivity index (χ3v) is 1.55. The van der Waals surface area contributed by atoms with E-state index in [2.05, 4.69) is 16.0 Å². The van der Waals surface area contributed by atoms with E-state index in [9.17, 15) is 9.59 Å². The number of rotatable bonds is 0. The Kier molecular flexibility index (Phi) is 1.33. The molecule has 1 heterocycles. The van der Waals surface area contributed by atoms with Crippen LogP contribution in [0.3, 0.4) is 0 Å². The number of benzene rings is 1. The SMILES string of the molecule is O=c1[nH]c2[c]cccc2[nH]c1=O. The zero-order valence-electron chi connectivity index (χ0n) is 6.05. The molecule has 12 heavy (non-hydrogen) atoms. The van der Waals surface area contributed by atoms with Crippen LogP contribution in [0.4, 0.5) is 0 Å². The molecule has 0 fully saturated rings. The summed E-state index contributed by atoms with van der Waals surface area (Å²) in [5, 5.41) is 0. The number of H-pyrrole nitrogens is 2. The van der Waals surface area contributed by atoms with Crippen molar-refractivity contribution in [3.05, 3.63) is 45.0 Å². The van der Waals surface area contributed by atoms with Gasteiger partial charge >= 0.3 is 11.1 Å². The maximum atomic E-state index is 10.8. The lowest BCUT2D eigenvalue weighted by Gasteiger charge is -1.92. The summed E-state index contributed by atoms with van der Waals surface area (Å²) in [7, 11) is 0. The van der Waals surface area contributed by atoms with Crippen LogP contribution in [-0.4, -0.2) is 9.97 Å². The number of para-hydroxylation sites is 1. The number of aromatic amines is 2. The topological polar surface area (TPSA) is 65.7 Å². The first-order valence-electron chi connectivity index (χ1n) is 3.40. The molecule has 2 rings (SSSR count). The van der Waals surface area contributed by atoms with Gasteiger partial charge in [0.2, 0.25) is 0 Å². The predicted molar refractivity (Wildman–Crippen MR) is 44.0 cm³/mol. The van der Waals surface area contributed by atoms with Crippen LogP contribution in [0.1, 0.15) is 0 Å². The van der Waals surface area contributed by atoms with E-state index in [-0.39, 0.29) is 0 Å². The minimum Gasteiger partial charge on any atom is -0.316 e. The first-order chi connectivity index (χ1) is 5.77. The molecular formula is C8H5N2O2. The fourth-order valence-electron chi connectivity index (χ4n) is 0.994. The van der Waals surface area contributed by atoms with Gasteiger partial charge < -0.3 is 9.97 Å². The summed E-state index contributed by atoms with van der Waals surface area (Å²) in [6.45, 7) is 0. The number of hydrogen-bond acceptors (Lipinski definition) is 2. The van der Waals surface area contributed by atoms with Crippen LogP contribution in [0.15, 0.2) is 27.8 Å². The molecule has 4 heteroatoms. The summed E-state index contributed by atoms with van der Waals surface area (Å²) in [6.07, 6.45) is 0. The highest BCUT2D eigenvalue weighted by atomic mass is 16.2. The van der Waals surface area contributed by atoms with Crippen LogP contribution in [0.25, 0.3) is 11.0 Å². The first-order valence-corrected chi connectivity index (χ1v) is 3.40. The molecule has 0 saturated carbocycles. The van der Waals surface area contributed by atoms with Crippen molar-refractivity contribution in [3.8, 4) is 0 Å². The van der Waals surface area contributed by atoms with Gasteiger partial charge in [-0.05, 0) is 6.07 Å². The second-order valence-corrected chi connectivity index (χ2v) is 2.37. The minimum absolute atomic E-state index is 0.516. The Labute approximate surface area is 66.9 Å². The third kappa shape index (κ3) is 0.934. The lowest BCUT2D eigenvalue weighted by molar-refractivity contribution is 1.15. The average Bonchev–Trinajstić information content (AvgIpc) is 2.07. The Morgan fingerprint density at radius 1 is 1.17 bits per heavy atom. The highest BCUT2D eigenvalue weighted by Crippen LogP contribution is 2.00. The number of hydrogen-bond donors (Lipinski definition) is 2. The molecule has 0 bridgehead atoms. The van der Waals surface area contributed by atoms with E-state index < -0.39 is 11.1 Å². The zero-order valence-corrected chi connectivity index (χ0v) is 6.05. The second-order valence-electron chi connectivity index (χ2n) is 2.37. The summed E-state index contributed by atoms with van der Waals surface area (Å²) in [5.74, 6) is 0. The normalized spacial score (nSPS) is 10.3. The zero-order chi connectivity index (χ0) is 8.55. The minimum atomic E-state index is -0.648. The Bertz CT molecular complexity index is 476. The maximum Gasteiger partial charge on any atom is 0.314 e. The van der Waals surface area contributed by atoms with Crippen molar-refractivity contribution in [1.82, 2.24) is 9.97 Å². The van der Waals surface area contributed by atoms with E-state index in [1.165, 1.54) is 0 Å². The van der Waals surface area contributed by atoms with Gasteiger partial charge in [0.1, 0.15) is 0 Å². The molecule has 2 N–H and O–H groups in total. The van der Waals surface area contributed by atoms with Crippen molar-refractivity contribution in [1.29, 1.82) is 0 Å². The molecule has 0 aliphatic carbocycles. The quantitative estimate of drug-likeness (QED) is 0.535. The summed E-state index contributed by atoms with van der Waals surface area (Å²) >= 11 is 0. The van der Waals surface area contributed by atoms with Gasteiger partial charge in [-0.2, -0.15) is 0 Å². The number of nitrogens with one attached hydrogen (secondary N) is 2. The molecule has 1 aromatic carbocycles. The monoisotopic (exact) mass is 161 g/mol. The molecule has 0 aliphatic rings. The molecular weight excluding hydrogens is 156 g/mol. The molecule has 59 valence electrons. The van der Waals surface area contributed by atoms with Crippen molar-refractivity contribution in [2.45, 2.75) is 0 Å². The summed E-state index contributed by atoms with van der Waals surface area (Å²) in [4.78, 5) is 26.5. The third-order valence-electron chi connectivity index (χ3n) is 1.55. The Morgan fingerprint density at radius 3 is 2.75 bits per heavy atom. The number of fused-ring (bicyclic) bond motifs is 1. The van der Waals surface area contributed by atoms with Crippen LogP contribution in [-0.2, 0) is 0 Å². The van der Waals surface area contributed by atoms with Gasteiger partial charge in [-0.15, -0.1) is 0 Å². The van der Waals surface area contributed by atoms with Gasteiger partial charge in [-0.3, -0.25) is 9.59 Å². The van der Waals surface area contributed by atoms with E-state index in [4.69, 9.17) is 0 Å². The van der Waals surface area contributed by atoms with E-state index in [1.807, 2.05) is 0 Å². The highest BCUT2D eigenvalue weighted by molar-refractivity contribution is 5.72. The van der Waals surface area contributed by atoms with Crippen LogP contribution < -0.4 is 11.1 Å². The van der Waals surface area contributed by atoms with Crippen LogP contribution in [0.2, 0.25) is 0 Å². The van der Waals surface area contributed by atoms with Gasteiger partial charge in [0, 0.05) is 6.07 Å².